The molecule has 1 aromatic heterocycles. The number of rotatable bonds is 4. The number of benzene rings is 1. The molecule has 19 heavy (non-hydrogen) atoms. The first kappa shape index (κ1) is 13.6. The molecule has 0 fully saturated rings. The molecule has 1 atom stereocenters. The van der Waals surface area contributed by atoms with Crippen LogP contribution in [-0.4, -0.2) is 12.0 Å². The fourth-order valence-corrected chi connectivity index (χ4v) is 2.34. The van der Waals surface area contributed by atoms with Crippen LogP contribution in [0.25, 0.3) is 10.9 Å². The van der Waals surface area contributed by atoms with E-state index in [4.69, 9.17) is 4.98 Å². The summed E-state index contributed by atoms with van der Waals surface area (Å²) in [6, 6.07) is 10.7. The van der Waals surface area contributed by atoms with Crippen LogP contribution in [0.4, 0.5) is 0 Å². The molecule has 0 aliphatic carbocycles. The highest BCUT2D eigenvalue weighted by atomic mass is 14.9. The maximum absolute atomic E-state index is 4.78. The molecule has 0 saturated heterocycles. The lowest BCUT2D eigenvalue weighted by Crippen LogP contribution is -2.17. The van der Waals surface area contributed by atoms with Gasteiger partial charge in [0.15, 0.2) is 0 Å². The summed E-state index contributed by atoms with van der Waals surface area (Å²) in [5.74, 6) is 6.06. The number of aryl methyl sites for hydroxylation is 1. The highest BCUT2D eigenvalue weighted by Gasteiger charge is 2.11. The lowest BCUT2D eigenvalue weighted by atomic mass is 10.0. The molecule has 1 unspecified atom stereocenters. The molecule has 0 amide bonds. The van der Waals surface area contributed by atoms with Crippen molar-refractivity contribution in [1.29, 1.82) is 0 Å². The number of nitrogens with zero attached hydrogens (tertiary/aromatic N) is 1. The van der Waals surface area contributed by atoms with Crippen LogP contribution >= 0.6 is 0 Å². The predicted octanol–water partition coefficient (Wildman–Crippen LogP) is 3.61. The second kappa shape index (κ2) is 6.36. The molecule has 2 aromatic rings. The third-order valence-corrected chi connectivity index (χ3v) is 3.38. The van der Waals surface area contributed by atoms with Crippen molar-refractivity contribution < 1.29 is 0 Å². The number of aromatic nitrogens is 1. The van der Waals surface area contributed by atoms with E-state index in [2.05, 4.69) is 48.3 Å². The molecule has 0 aliphatic rings. The van der Waals surface area contributed by atoms with Crippen molar-refractivity contribution >= 4 is 10.9 Å². The van der Waals surface area contributed by atoms with Gasteiger partial charge in [0, 0.05) is 11.8 Å². The first-order valence-corrected chi connectivity index (χ1v) is 6.69. The van der Waals surface area contributed by atoms with Crippen molar-refractivity contribution in [3.63, 3.8) is 0 Å². The summed E-state index contributed by atoms with van der Waals surface area (Å²) >= 11 is 0. The first-order chi connectivity index (χ1) is 9.26. The summed E-state index contributed by atoms with van der Waals surface area (Å²) in [5, 5.41) is 4.57. The number of hydrogen-bond acceptors (Lipinski definition) is 2. The zero-order valence-electron chi connectivity index (χ0n) is 11.8. The molecule has 0 aliphatic heterocycles. The Morgan fingerprint density at radius 1 is 1.32 bits per heavy atom. The molecule has 0 bridgehead atoms. The summed E-state index contributed by atoms with van der Waals surface area (Å²) in [4.78, 5) is 4.78. The molecule has 0 radical (unpaired) electrons. The largest absolute Gasteiger partial charge is 0.312 e. The van der Waals surface area contributed by atoms with Gasteiger partial charge < -0.3 is 5.32 Å². The van der Waals surface area contributed by atoms with Crippen LogP contribution in [0.2, 0.25) is 0 Å². The van der Waals surface area contributed by atoms with Crippen LogP contribution in [0.3, 0.4) is 0 Å². The Balaban J connectivity index is 2.34. The molecular formula is C17H20N2. The number of pyridine rings is 1. The smallest absolute Gasteiger partial charge is 0.0708 e. The standard InChI is InChI=1S/C17H20N2/c1-4-5-6-11-16(18-3)17-12-13(2)14-9-7-8-10-15(14)19-17/h7-10,12,16,18H,6,11H2,1-3H3. The van der Waals surface area contributed by atoms with E-state index in [0.29, 0.717) is 0 Å². The van der Waals surface area contributed by atoms with Crippen molar-refractivity contribution in [1.82, 2.24) is 10.3 Å². The van der Waals surface area contributed by atoms with E-state index in [-0.39, 0.29) is 6.04 Å². The minimum Gasteiger partial charge on any atom is -0.312 e. The van der Waals surface area contributed by atoms with E-state index < -0.39 is 0 Å². The van der Waals surface area contributed by atoms with Crippen molar-refractivity contribution in [3.05, 3.63) is 41.6 Å². The molecule has 2 rings (SSSR count). The highest BCUT2D eigenvalue weighted by Crippen LogP contribution is 2.23. The summed E-state index contributed by atoms with van der Waals surface area (Å²) < 4.78 is 0. The van der Waals surface area contributed by atoms with E-state index >= 15 is 0 Å². The monoisotopic (exact) mass is 252 g/mol. The van der Waals surface area contributed by atoms with Gasteiger partial charge in [-0.15, -0.1) is 11.8 Å². The highest BCUT2D eigenvalue weighted by molar-refractivity contribution is 5.82. The molecular weight excluding hydrogens is 232 g/mol. The zero-order chi connectivity index (χ0) is 13.7. The van der Waals surface area contributed by atoms with Crippen molar-refractivity contribution in [3.8, 4) is 11.8 Å². The lowest BCUT2D eigenvalue weighted by molar-refractivity contribution is 0.545. The Kier molecular flexibility index (Phi) is 4.54. The maximum atomic E-state index is 4.78. The average Bonchev–Trinajstić information content (AvgIpc) is 2.44. The molecule has 98 valence electrons. The summed E-state index contributed by atoms with van der Waals surface area (Å²) in [5.41, 5.74) is 3.46. The van der Waals surface area contributed by atoms with E-state index in [9.17, 15) is 0 Å². The Morgan fingerprint density at radius 2 is 2.11 bits per heavy atom. The summed E-state index contributed by atoms with van der Waals surface area (Å²) in [7, 11) is 1.98. The van der Waals surface area contributed by atoms with Gasteiger partial charge in [0.05, 0.1) is 17.3 Å². The third-order valence-electron chi connectivity index (χ3n) is 3.38. The van der Waals surface area contributed by atoms with Gasteiger partial charge in [-0.05, 0) is 45.0 Å². The first-order valence-electron chi connectivity index (χ1n) is 6.69. The van der Waals surface area contributed by atoms with Crippen LogP contribution in [0.5, 0.6) is 0 Å². The van der Waals surface area contributed by atoms with Gasteiger partial charge in [-0.25, -0.2) is 0 Å². The van der Waals surface area contributed by atoms with Gasteiger partial charge in [0.2, 0.25) is 0 Å². The van der Waals surface area contributed by atoms with Crippen LogP contribution < -0.4 is 5.32 Å². The Bertz CT molecular complexity index is 620. The second-order valence-electron chi connectivity index (χ2n) is 4.69. The molecule has 0 saturated carbocycles. The lowest BCUT2D eigenvalue weighted by Gasteiger charge is -2.16. The zero-order valence-corrected chi connectivity index (χ0v) is 11.8. The van der Waals surface area contributed by atoms with Gasteiger partial charge in [-0.3, -0.25) is 4.98 Å². The van der Waals surface area contributed by atoms with Crippen LogP contribution in [0.1, 0.15) is 37.1 Å². The number of nitrogens with one attached hydrogen (secondary N) is 1. The van der Waals surface area contributed by atoms with Crippen molar-refractivity contribution in [2.45, 2.75) is 32.7 Å². The minimum absolute atomic E-state index is 0.268. The minimum atomic E-state index is 0.268. The third kappa shape index (κ3) is 3.13. The number of hydrogen-bond donors (Lipinski definition) is 1. The number of para-hydroxylation sites is 1. The average molecular weight is 252 g/mol. The van der Waals surface area contributed by atoms with E-state index in [1.165, 1.54) is 10.9 Å². The predicted molar refractivity (Wildman–Crippen MR) is 81.0 cm³/mol. The molecule has 1 aromatic carbocycles. The fourth-order valence-electron chi connectivity index (χ4n) is 2.34. The van der Waals surface area contributed by atoms with E-state index in [1.54, 1.807) is 0 Å². The molecule has 0 spiro atoms. The van der Waals surface area contributed by atoms with Crippen LogP contribution in [0.15, 0.2) is 30.3 Å². The Morgan fingerprint density at radius 3 is 2.84 bits per heavy atom. The Hall–Kier alpha value is -1.85. The summed E-state index contributed by atoms with van der Waals surface area (Å²) in [6.45, 7) is 4.03. The van der Waals surface area contributed by atoms with Crippen LogP contribution in [0, 0.1) is 18.8 Å². The quantitative estimate of drug-likeness (QED) is 0.841. The second-order valence-corrected chi connectivity index (χ2v) is 4.69. The SMILES string of the molecule is CC#CCCC(NC)c1cc(C)c2ccccc2n1. The topological polar surface area (TPSA) is 24.9 Å². The van der Waals surface area contributed by atoms with E-state index in [0.717, 1.165) is 24.1 Å². The van der Waals surface area contributed by atoms with Gasteiger partial charge in [0.25, 0.3) is 0 Å². The van der Waals surface area contributed by atoms with Gasteiger partial charge in [0.1, 0.15) is 0 Å². The molecule has 2 heteroatoms. The van der Waals surface area contributed by atoms with Gasteiger partial charge in [-0.1, -0.05) is 18.2 Å². The van der Waals surface area contributed by atoms with E-state index in [1.807, 2.05) is 20.0 Å². The normalized spacial score (nSPS) is 11.9. The van der Waals surface area contributed by atoms with Crippen LogP contribution in [-0.2, 0) is 0 Å². The fraction of sp³-hybridized carbons (Fsp3) is 0.353. The molecule has 2 nitrogen and oxygen atoms in total. The van der Waals surface area contributed by atoms with Gasteiger partial charge >= 0.3 is 0 Å². The summed E-state index contributed by atoms with van der Waals surface area (Å²) in [6.07, 6.45) is 1.89. The maximum Gasteiger partial charge on any atom is 0.0708 e. The number of fused-ring (bicyclic) bond motifs is 1. The van der Waals surface area contributed by atoms with Gasteiger partial charge in [-0.2, -0.15) is 0 Å². The Labute approximate surface area is 115 Å². The molecule has 1 N–H and O–H groups in total. The van der Waals surface area contributed by atoms with Crippen molar-refractivity contribution in [2.75, 3.05) is 7.05 Å². The van der Waals surface area contributed by atoms with Crippen molar-refractivity contribution in [2.24, 2.45) is 0 Å². The molecule has 1 heterocycles.